The summed E-state index contributed by atoms with van der Waals surface area (Å²) in [6.07, 6.45) is 0. The van der Waals surface area contributed by atoms with Crippen molar-refractivity contribution in [1.82, 2.24) is 0 Å². The molecular formula is C23H15BrO2. The van der Waals surface area contributed by atoms with Gasteiger partial charge in [-0.25, -0.2) is 0 Å². The van der Waals surface area contributed by atoms with Crippen LogP contribution in [0, 0.1) is 0 Å². The van der Waals surface area contributed by atoms with Crippen LogP contribution in [0.3, 0.4) is 0 Å². The monoisotopic (exact) mass is 402 g/mol. The molecule has 2 aliphatic carbocycles. The number of fused-ring (bicyclic) bond motifs is 5. The zero-order chi connectivity index (χ0) is 18.2. The molecule has 3 heteroatoms. The van der Waals surface area contributed by atoms with Crippen molar-refractivity contribution in [3.05, 3.63) is 92.5 Å². The highest BCUT2D eigenvalue weighted by atomic mass is 79.9. The van der Waals surface area contributed by atoms with E-state index in [9.17, 15) is 9.59 Å². The molecule has 0 saturated heterocycles. The Morgan fingerprint density at radius 1 is 0.654 bits per heavy atom. The Balaban J connectivity index is 1.82. The third-order valence-electron chi connectivity index (χ3n) is 5.68. The molecule has 5 rings (SSSR count). The molecule has 26 heavy (non-hydrogen) atoms. The van der Waals surface area contributed by atoms with Crippen LogP contribution in [-0.4, -0.2) is 11.6 Å². The highest BCUT2D eigenvalue weighted by Crippen LogP contribution is 2.50. The number of benzene rings is 3. The number of hydrogen-bond acceptors (Lipinski definition) is 2. The summed E-state index contributed by atoms with van der Waals surface area (Å²) >= 11 is 3.56. The smallest absolute Gasteiger partial charge is 0.194 e. The molecule has 0 spiro atoms. The first kappa shape index (κ1) is 15.7. The molecule has 3 aromatic rings. The Hall–Kier alpha value is -2.52. The Bertz CT molecular complexity index is 1150. The maximum absolute atomic E-state index is 13.0. The van der Waals surface area contributed by atoms with Gasteiger partial charge >= 0.3 is 0 Å². The molecule has 126 valence electrons. The fourth-order valence-electron chi connectivity index (χ4n) is 4.30. The predicted octanol–water partition coefficient (Wildman–Crippen LogP) is 5.53. The number of carbonyl (C=O) groups excluding carboxylic acids is 2. The van der Waals surface area contributed by atoms with Gasteiger partial charge in [-0.15, -0.1) is 0 Å². The topological polar surface area (TPSA) is 34.1 Å². The van der Waals surface area contributed by atoms with Crippen LogP contribution in [0.1, 0.15) is 56.8 Å². The molecule has 0 saturated carbocycles. The van der Waals surface area contributed by atoms with Gasteiger partial charge in [0.15, 0.2) is 11.6 Å². The van der Waals surface area contributed by atoms with Crippen LogP contribution >= 0.6 is 15.9 Å². The fourth-order valence-corrected chi connectivity index (χ4v) is 4.66. The van der Waals surface area contributed by atoms with E-state index in [1.54, 1.807) is 24.3 Å². The van der Waals surface area contributed by atoms with Crippen LogP contribution in [-0.2, 0) is 5.41 Å². The molecule has 0 atom stereocenters. The van der Waals surface area contributed by atoms with Crippen LogP contribution in [0.15, 0.2) is 59.1 Å². The van der Waals surface area contributed by atoms with Gasteiger partial charge < -0.3 is 0 Å². The second kappa shape index (κ2) is 5.01. The van der Waals surface area contributed by atoms with Gasteiger partial charge in [0, 0.05) is 32.1 Å². The maximum atomic E-state index is 13.0. The van der Waals surface area contributed by atoms with E-state index in [2.05, 4.69) is 41.9 Å². The zero-order valence-corrected chi connectivity index (χ0v) is 16.0. The van der Waals surface area contributed by atoms with Crippen molar-refractivity contribution in [2.75, 3.05) is 0 Å². The Labute approximate surface area is 160 Å². The van der Waals surface area contributed by atoms with Crippen molar-refractivity contribution in [3.8, 4) is 11.1 Å². The summed E-state index contributed by atoms with van der Waals surface area (Å²) in [5.41, 5.74) is 6.31. The van der Waals surface area contributed by atoms with Gasteiger partial charge in [0.2, 0.25) is 0 Å². The molecule has 0 aromatic heterocycles. The lowest BCUT2D eigenvalue weighted by Crippen LogP contribution is -2.22. The molecule has 0 N–H and O–H groups in total. The molecule has 0 fully saturated rings. The van der Waals surface area contributed by atoms with E-state index in [1.807, 2.05) is 18.2 Å². The molecule has 2 nitrogen and oxygen atoms in total. The van der Waals surface area contributed by atoms with E-state index in [0.29, 0.717) is 22.3 Å². The minimum atomic E-state index is -0.218. The number of rotatable bonds is 0. The Kier molecular flexibility index (Phi) is 3.03. The second-order valence-electron chi connectivity index (χ2n) is 7.46. The summed E-state index contributed by atoms with van der Waals surface area (Å²) in [6.45, 7) is 4.33. The first-order valence-electron chi connectivity index (χ1n) is 8.57. The molecule has 0 unspecified atom stereocenters. The van der Waals surface area contributed by atoms with Crippen molar-refractivity contribution in [2.24, 2.45) is 0 Å². The summed E-state index contributed by atoms with van der Waals surface area (Å²) in [7, 11) is 0. The highest BCUT2D eigenvalue weighted by molar-refractivity contribution is 9.10. The fraction of sp³-hybridized carbons (Fsp3) is 0.130. The third-order valence-corrected chi connectivity index (χ3v) is 6.17. The average molecular weight is 403 g/mol. The van der Waals surface area contributed by atoms with Gasteiger partial charge in [-0.1, -0.05) is 60.1 Å². The summed E-state index contributed by atoms with van der Waals surface area (Å²) in [4.78, 5) is 26.1. The molecule has 0 amide bonds. The highest BCUT2D eigenvalue weighted by Gasteiger charge is 2.39. The summed E-state index contributed by atoms with van der Waals surface area (Å²) in [6, 6.07) is 17.2. The van der Waals surface area contributed by atoms with E-state index in [-0.39, 0.29) is 17.0 Å². The molecule has 2 aliphatic rings. The van der Waals surface area contributed by atoms with Gasteiger partial charge in [0.05, 0.1) is 0 Å². The maximum Gasteiger partial charge on any atom is 0.194 e. The second-order valence-corrected chi connectivity index (χ2v) is 8.38. The van der Waals surface area contributed by atoms with Crippen molar-refractivity contribution in [1.29, 1.82) is 0 Å². The molecule has 0 radical (unpaired) electrons. The lowest BCUT2D eigenvalue weighted by Gasteiger charge is -2.24. The Morgan fingerprint density at radius 3 is 1.88 bits per heavy atom. The van der Waals surface area contributed by atoms with Crippen LogP contribution < -0.4 is 0 Å². The SMILES string of the molecule is CC1(C)c2cc(Br)ccc2-c2cc3c(cc21)C(=O)c1ccccc1C3=O. The van der Waals surface area contributed by atoms with Gasteiger partial charge in [-0.2, -0.15) is 0 Å². The lowest BCUT2D eigenvalue weighted by molar-refractivity contribution is 0.0979. The van der Waals surface area contributed by atoms with Gasteiger partial charge in [0.1, 0.15) is 0 Å². The van der Waals surface area contributed by atoms with Crippen molar-refractivity contribution < 1.29 is 9.59 Å². The first-order valence-corrected chi connectivity index (χ1v) is 9.36. The lowest BCUT2D eigenvalue weighted by atomic mass is 9.78. The summed E-state index contributed by atoms with van der Waals surface area (Å²) in [5.74, 6) is -0.132. The van der Waals surface area contributed by atoms with E-state index >= 15 is 0 Å². The zero-order valence-electron chi connectivity index (χ0n) is 14.4. The van der Waals surface area contributed by atoms with Crippen LogP contribution in [0.2, 0.25) is 0 Å². The van der Waals surface area contributed by atoms with Crippen molar-refractivity contribution >= 4 is 27.5 Å². The predicted molar refractivity (Wildman–Crippen MR) is 105 cm³/mol. The minimum absolute atomic E-state index is 0.0639. The molecule has 3 aromatic carbocycles. The van der Waals surface area contributed by atoms with Gasteiger partial charge in [-0.05, 0) is 46.5 Å². The van der Waals surface area contributed by atoms with E-state index in [0.717, 1.165) is 21.2 Å². The van der Waals surface area contributed by atoms with Crippen LogP contribution in [0.5, 0.6) is 0 Å². The van der Waals surface area contributed by atoms with E-state index in [4.69, 9.17) is 0 Å². The molecular weight excluding hydrogens is 388 g/mol. The van der Waals surface area contributed by atoms with Gasteiger partial charge in [0.25, 0.3) is 0 Å². The number of ketones is 2. The summed E-state index contributed by atoms with van der Waals surface area (Å²) in [5, 5.41) is 0. The van der Waals surface area contributed by atoms with Crippen LogP contribution in [0.4, 0.5) is 0 Å². The minimum Gasteiger partial charge on any atom is -0.289 e. The van der Waals surface area contributed by atoms with Crippen molar-refractivity contribution in [3.63, 3.8) is 0 Å². The largest absolute Gasteiger partial charge is 0.289 e. The first-order chi connectivity index (χ1) is 12.4. The molecule has 0 heterocycles. The number of hydrogen-bond donors (Lipinski definition) is 0. The normalized spacial score (nSPS) is 16.0. The Morgan fingerprint density at radius 2 is 1.23 bits per heavy atom. The molecule has 0 bridgehead atoms. The number of carbonyl (C=O) groups is 2. The standard InChI is InChI=1S/C23H15BrO2/c1-23(2)19-9-12(24)7-8-13(19)16-10-17-18(11-20(16)23)22(26)15-6-4-3-5-14(15)21(17)25/h3-11H,1-2H3. The average Bonchev–Trinajstić information content (AvgIpc) is 2.85. The molecule has 0 aliphatic heterocycles. The quantitative estimate of drug-likeness (QED) is 0.387. The summed E-state index contributed by atoms with van der Waals surface area (Å²) < 4.78 is 1.03. The third kappa shape index (κ3) is 1.87. The van der Waals surface area contributed by atoms with Gasteiger partial charge in [-0.3, -0.25) is 9.59 Å². The van der Waals surface area contributed by atoms with Crippen molar-refractivity contribution in [2.45, 2.75) is 19.3 Å². The number of halogens is 1. The van der Waals surface area contributed by atoms with E-state index in [1.165, 1.54) is 5.56 Å². The van der Waals surface area contributed by atoms with Crippen LogP contribution in [0.25, 0.3) is 11.1 Å². The van der Waals surface area contributed by atoms with E-state index < -0.39 is 0 Å².